The first-order valence-electron chi connectivity index (χ1n) is 9.13. The third kappa shape index (κ3) is 3.49. The number of carbonyl (C=O) groups excluding carboxylic acids is 1. The fourth-order valence-corrected chi connectivity index (χ4v) is 4.31. The van der Waals surface area contributed by atoms with Crippen molar-refractivity contribution in [2.24, 2.45) is 0 Å². The van der Waals surface area contributed by atoms with Crippen LogP contribution in [0.3, 0.4) is 0 Å². The first-order valence-corrected chi connectivity index (χ1v) is 9.90. The zero-order valence-electron chi connectivity index (χ0n) is 15.3. The summed E-state index contributed by atoms with van der Waals surface area (Å²) in [5, 5.41) is 8.08. The molecule has 0 unspecified atom stereocenters. The van der Waals surface area contributed by atoms with E-state index in [9.17, 15) is 4.79 Å². The van der Waals surface area contributed by atoms with Gasteiger partial charge in [-0.15, -0.1) is 5.10 Å². The summed E-state index contributed by atoms with van der Waals surface area (Å²) in [7, 11) is 0. The van der Waals surface area contributed by atoms with Crippen molar-refractivity contribution in [1.29, 1.82) is 0 Å². The highest BCUT2D eigenvalue weighted by atomic mass is 32.1. The Hall–Kier alpha value is -2.61. The van der Waals surface area contributed by atoms with Crippen molar-refractivity contribution in [2.75, 3.05) is 13.1 Å². The van der Waals surface area contributed by atoms with E-state index in [1.807, 2.05) is 30.0 Å². The topological polar surface area (TPSA) is 85.0 Å². The molecule has 0 bridgehead atoms. The van der Waals surface area contributed by atoms with Crippen LogP contribution < -0.4 is 0 Å². The number of carbonyl (C=O) groups is 1. The van der Waals surface area contributed by atoms with Crippen molar-refractivity contribution in [3.8, 4) is 0 Å². The molecule has 7 nitrogen and oxygen atoms in total. The Bertz CT molecular complexity index is 923. The van der Waals surface area contributed by atoms with E-state index < -0.39 is 0 Å². The zero-order chi connectivity index (χ0) is 18.8. The third-order valence-electron chi connectivity index (χ3n) is 4.93. The number of likely N-dealkylation sites (tertiary alicyclic amines) is 1. The Morgan fingerprint density at radius 1 is 1.26 bits per heavy atom. The van der Waals surface area contributed by atoms with Gasteiger partial charge in [-0.1, -0.05) is 53.3 Å². The first-order chi connectivity index (χ1) is 13.2. The number of nitrogens with zero attached hydrogens (tertiary/aromatic N) is 5. The van der Waals surface area contributed by atoms with Gasteiger partial charge in [0, 0.05) is 19.0 Å². The molecule has 1 aliphatic heterocycles. The summed E-state index contributed by atoms with van der Waals surface area (Å²) in [6, 6.07) is 10.2. The second-order valence-corrected chi connectivity index (χ2v) is 7.57. The van der Waals surface area contributed by atoms with E-state index in [0.29, 0.717) is 29.7 Å². The highest BCUT2D eigenvalue weighted by Gasteiger charge is 2.41. The molecule has 1 saturated heterocycles. The maximum Gasteiger partial charge on any atom is 0.267 e. The van der Waals surface area contributed by atoms with E-state index in [1.54, 1.807) is 0 Å². The fourth-order valence-electron chi connectivity index (χ4n) is 3.64. The lowest BCUT2D eigenvalue weighted by atomic mass is 9.89. The highest BCUT2D eigenvalue weighted by molar-refractivity contribution is 7.08. The summed E-state index contributed by atoms with van der Waals surface area (Å²) in [4.78, 5) is 20.1. The second kappa shape index (κ2) is 7.56. The van der Waals surface area contributed by atoms with E-state index in [0.717, 1.165) is 18.5 Å². The summed E-state index contributed by atoms with van der Waals surface area (Å²) in [6.07, 6.45) is 1.70. The van der Waals surface area contributed by atoms with Gasteiger partial charge in [0.25, 0.3) is 5.91 Å². The summed E-state index contributed by atoms with van der Waals surface area (Å²) in [5.74, 6) is 1.29. The van der Waals surface area contributed by atoms with Crippen LogP contribution in [-0.4, -0.2) is 43.6 Å². The molecule has 0 spiro atoms. The summed E-state index contributed by atoms with van der Waals surface area (Å²) in [6.45, 7) is 5.03. The van der Waals surface area contributed by atoms with Crippen LogP contribution in [0.5, 0.6) is 0 Å². The molecule has 3 heterocycles. The summed E-state index contributed by atoms with van der Waals surface area (Å²) < 4.78 is 9.45. The number of rotatable bonds is 5. The first kappa shape index (κ1) is 17.8. The molecule has 2 atom stereocenters. The van der Waals surface area contributed by atoms with Gasteiger partial charge in [0.2, 0.25) is 5.89 Å². The predicted octanol–water partition coefficient (Wildman–Crippen LogP) is 3.21. The number of benzene rings is 1. The Kier molecular flexibility index (Phi) is 4.98. The number of aromatic nitrogens is 4. The summed E-state index contributed by atoms with van der Waals surface area (Å²) in [5.41, 5.74) is 1.96. The zero-order valence-corrected chi connectivity index (χ0v) is 16.1. The van der Waals surface area contributed by atoms with Gasteiger partial charge in [-0.05, 0) is 30.4 Å². The van der Waals surface area contributed by atoms with Gasteiger partial charge in [0.05, 0.1) is 11.6 Å². The predicted molar refractivity (Wildman–Crippen MR) is 101 cm³/mol. The molecule has 4 rings (SSSR count). The second-order valence-electron chi connectivity index (χ2n) is 6.81. The lowest BCUT2D eigenvalue weighted by Crippen LogP contribution is -2.29. The molecule has 0 radical (unpaired) electrons. The van der Waals surface area contributed by atoms with E-state index in [4.69, 9.17) is 4.52 Å². The molecule has 1 aromatic carbocycles. The normalized spacial score (nSPS) is 19.6. The Morgan fingerprint density at radius 2 is 2.04 bits per heavy atom. The molecule has 2 aromatic heterocycles. The lowest BCUT2D eigenvalue weighted by Gasteiger charge is -2.16. The highest BCUT2D eigenvalue weighted by Crippen LogP contribution is 2.39. The molecule has 8 heteroatoms. The van der Waals surface area contributed by atoms with Crippen LogP contribution in [0.2, 0.25) is 0 Å². The summed E-state index contributed by atoms with van der Waals surface area (Å²) >= 11 is 1.18. The van der Waals surface area contributed by atoms with Crippen molar-refractivity contribution in [1.82, 2.24) is 24.6 Å². The van der Waals surface area contributed by atoms with Crippen molar-refractivity contribution in [3.05, 3.63) is 58.2 Å². The molecule has 0 aliphatic carbocycles. The molecule has 0 saturated carbocycles. The molecule has 3 aromatic rings. The van der Waals surface area contributed by atoms with Gasteiger partial charge in [0.15, 0.2) is 5.82 Å². The van der Waals surface area contributed by atoms with Crippen LogP contribution in [0, 0.1) is 6.92 Å². The SMILES string of the molecule is CCCc1nnsc1C(=O)N1C[C@@H](c2ccccc2)[C@H](c2nc(C)no2)C1. The van der Waals surface area contributed by atoms with Crippen LogP contribution in [0.25, 0.3) is 0 Å². The van der Waals surface area contributed by atoms with Gasteiger partial charge < -0.3 is 9.42 Å². The number of hydrogen-bond donors (Lipinski definition) is 0. The van der Waals surface area contributed by atoms with Crippen molar-refractivity contribution < 1.29 is 9.32 Å². The van der Waals surface area contributed by atoms with Gasteiger partial charge in [-0.2, -0.15) is 4.98 Å². The molecular weight excluding hydrogens is 362 g/mol. The molecule has 1 fully saturated rings. The van der Waals surface area contributed by atoms with Gasteiger partial charge >= 0.3 is 0 Å². The number of hydrogen-bond acceptors (Lipinski definition) is 7. The van der Waals surface area contributed by atoms with Crippen LogP contribution >= 0.6 is 11.5 Å². The largest absolute Gasteiger partial charge is 0.339 e. The molecule has 140 valence electrons. The fraction of sp³-hybridized carbons (Fsp3) is 0.421. The molecular formula is C19H21N5O2S. The van der Waals surface area contributed by atoms with Gasteiger partial charge in [-0.3, -0.25) is 4.79 Å². The third-order valence-corrected chi connectivity index (χ3v) is 5.69. The average molecular weight is 383 g/mol. The molecule has 0 N–H and O–H groups in total. The Labute approximate surface area is 161 Å². The Morgan fingerprint density at radius 3 is 2.74 bits per heavy atom. The van der Waals surface area contributed by atoms with Gasteiger partial charge in [-0.25, -0.2) is 0 Å². The van der Waals surface area contributed by atoms with E-state index >= 15 is 0 Å². The van der Waals surface area contributed by atoms with E-state index in [-0.39, 0.29) is 17.7 Å². The van der Waals surface area contributed by atoms with Crippen LogP contribution in [0.15, 0.2) is 34.9 Å². The van der Waals surface area contributed by atoms with E-state index in [2.05, 4.69) is 38.8 Å². The van der Waals surface area contributed by atoms with Gasteiger partial charge in [0.1, 0.15) is 4.88 Å². The maximum absolute atomic E-state index is 13.2. The molecule has 1 amide bonds. The van der Waals surface area contributed by atoms with Crippen molar-refractivity contribution in [2.45, 2.75) is 38.5 Å². The van der Waals surface area contributed by atoms with Crippen LogP contribution in [0.1, 0.15) is 57.8 Å². The molecule has 27 heavy (non-hydrogen) atoms. The maximum atomic E-state index is 13.2. The minimum atomic E-state index is -0.0203. The Balaban J connectivity index is 1.64. The average Bonchev–Trinajstić information content (AvgIpc) is 3.41. The van der Waals surface area contributed by atoms with Crippen molar-refractivity contribution in [3.63, 3.8) is 0 Å². The number of amides is 1. The van der Waals surface area contributed by atoms with Crippen LogP contribution in [0.4, 0.5) is 0 Å². The minimum absolute atomic E-state index is 0.00637. The smallest absolute Gasteiger partial charge is 0.267 e. The van der Waals surface area contributed by atoms with Crippen LogP contribution in [-0.2, 0) is 6.42 Å². The van der Waals surface area contributed by atoms with Crippen molar-refractivity contribution >= 4 is 17.4 Å². The molecule has 1 aliphatic rings. The minimum Gasteiger partial charge on any atom is -0.339 e. The monoisotopic (exact) mass is 383 g/mol. The number of aryl methyl sites for hydroxylation is 2. The van der Waals surface area contributed by atoms with E-state index in [1.165, 1.54) is 17.1 Å². The standard InChI is InChI=1S/C19H21N5O2S/c1-3-7-16-17(27-23-21-16)19(25)24-10-14(13-8-5-4-6-9-13)15(11-24)18-20-12(2)22-26-18/h4-6,8-9,14-15H,3,7,10-11H2,1-2H3/t14-,15+/m0/s1. The quantitative estimate of drug-likeness (QED) is 0.673. The lowest BCUT2D eigenvalue weighted by molar-refractivity contribution is 0.0791.